The largest absolute Gasteiger partial charge is 0.497 e. The van der Waals surface area contributed by atoms with Gasteiger partial charge in [-0.3, -0.25) is 9.59 Å². The molecule has 0 fully saturated rings. The quantitative estimate of drug-likeness (QED) is 0.504. The third-order valence-corrected chi connectivity index (χ3v) is 5.50. The van der Waals surface area contributed by atoms with Gasteiger partial charge in [0.2, 0.25) is 11.8 Å². The van der Waals surface area contributed by atoms with Crippen LogP contribution >= 0.6 is 11.8 Å². The third kappa shape index (κ3) is 6.39. The predicted octanol–water partition coefficient (Wildman–Crippen LogP) is 5.00. The summed E-state index contributed by atoms with van der Waals surface area (Å²) < 4.78 is 5.12. The van der Waals surface area contributed by atoms with Crippen LogP contribution in [-0.2, 0) is 16.0 Å². The number of hydrogen-bond acceptors (Lipinski definition) is 4. The molecule has 0 spiro atoms. The first-order valence-corrected chi connectivity index (χ1v) is 10.5. The van der Waals surface area contributed by atoms with Crippen LogP contribution in [0.15, 0.2) is 83.8 Å². The summed E-state index contributed by atoms with van der Waals surface area (Å²) in [5.74, 6) is 0.602. The van der Waals surface area contributed by atoms with Gasteiger partial charge < -0.3 is 15.4 Å². The topological polar surface area (TPSA) is 67.4 Å². The summed E-state index contributed by atoms with van der Waals surface area (Å²) in [6.45, 7) is 1.86. The Balaban J connectivity index is 1.50. The lowest BCUT2D eigenvalue weighted by atomic mass is 10.1. The van der Waals surface area contributed by atoms with E-state index >= 15 is 0 Å². The molecule has 0 saturated carbocycles. The number of methoxy groups -OCH3 is 1. The molecule has 1 atom stereocenters. The Bertz CT molecular complexity index is 974. The number of hydrogen-bond donors (Lipinski definition) is 2. The van der Waals surface area contributed by atoms with Crippen molar-refractivity contribution in [2.24, 2.45) is 0 Å². The minimum atomic E-state index is -0.273. The molecule has 0 aliphatic rings. The summed E-state index contributed by atoms with van der Waals surface area (Å²) in [6.07, 6.45) is 0.333. The summed E-state index contributed by atoms with van der Waals surface area (Å²) in [4.78, 5) is 25.6. The highest BCUT2D eigenvalue weighted by molar-refractivity contribution is 8.00. The highest BCUT2D eigenvalue weighted by atomic mass is 32.2. The lowest BCUT2D eigenvalue weighted by Gasteiger charge is -2.13. The first kappa shape index (κ1) is 21.5. The molecule has 5 nitrogen and oxygen atoms in total. The molecule has 0 aliphatic heterocycles. The highest BCUT2D eigenvalue weighted by Crippen LogP contribution is 2.26. The van der Waals surface area contributed by atoms with Crippen LogP contribution in [0.3, 0.4) is 0 Å². The van der Waals surface area contributed by atoms with Crippen LogP contribution in [0.5, 0.6) is 5.75 Å². The summed E-state index contributed by atoms with van der Waals surface area (Å²) in [7, 11) is 1.60. The standard InChI is InChI=1S/C24H24N2O3S/c1-17(24(28)26-20-8-12-21(29-2)13-9-20)30-22-14-10-19(11-15-22)25-23(27)16-18-6-4-3-5-7-18/h3-15,17H,16H2,1-2H3,(H,25,27)(H,26,28). The Hall–Kier alpha value is -3.25. The molecule has 0 bridgehead atoms. The molecule has 1 unspecified atom stereocenters. The van der Waals surface area contributed by atoms with Crippen molar-refractivity contribution >= 4 is 35.0 Å². The van der Waals surface area contributed by atoms with Gasteiger partial charge in [-0.2, -0.15) is 0 Å². The van der Waals surface area contributed by atoms with E-state index in [1.807, 2.05) is 61.5 Å². The van der Waals surface area contributed by atoms with E-state index in [1.54, 1.807) is 31.4 Å². The van der Waals surface area contributed by atoms with Gasteiger partial charge in [-0.15, -0.1) is 11.8 Å². The molecule has 0 aromatic heterocycles. The number of benzene rings is 3. The molecule has 6 heteroatoms. The number of thioether (sulfide) groups is 1. The number of nitrogens with one attached hydrogen (secondary N) is 2. The minimum absolute atomic E-state index is 0.0613. The van der Waals surface area contributed by atoms with E-state index < -0.39 is 0 Å². The number of ether oxygens (including phenoxy) is 1. The van der Waals surface area contributed by atoms with E-state index in [0.717, 1.165) is 27.6 Å². The van der Waals surface area contributed by atoms with Crippen molar-refractivity contribution in [1.29, 1.82) is 0 Å². The normalized spacial score (nSPS) is 11.4. The van der Waals surface area contributed by atoms with Crippen LogP contribution in [0.25, 0.3) is 0 Å². The maximum atomic E-state index is 12.4. The van der Waals surface area contributed by atoms with Crippen LogP contribution in [0, 0.1) is 0 Å². The van der Waals surface area contributed by atoms with Crippen molar-refractivity contribution in [3.63, 3.8) is 0 Å². The lowest BCUT2D eigenvalue weighted by molar-refractivity contribution is -0.116. The first-order chi connectivity index (χ1) is 14.5. The molecule has 0 aliphatic carbocycles. The SMILES string of the molecule is COc1ccc(NC(=O)C(C)Sc2ccc(NC(=O)Cc3ccccc3)cc2)cc1. The van der Waals surface area contributed by atoms with E-state index in [9.17, 15) is 9.59 Å². The van der Waals surface area contributed by atoms with Crippen LogP contribution in [0.4, 0.5) is 11.4 Å². The first-order valence-electron chi connectivity index (χ1n) is 9.59. The van der Waals surface area contributed by atoms with Crippen LogP contribution in [-0.4, -0.2) is 24.2 Å². The summed E-state index contributed by atoms with van der Waals surface area (Å²) in [5, 5.41) is 5.53. The molecular formula is C24H24N2O3S. The molecule has 30 heavy (non-hydrogen) atoms. The van der Waals surface area contributed by atoms with Gasteiger partial charge in [0.05, 0.1) is 18.8 Å². The van der Waals surface area contributed by atoms with E-state index in [-0.39, 0.29) is 17.1 Å². The second kappa shape index (κ2) is 10.5. The average molecular weight is 421 g/mol. The van der Waals surface area contributed by atoms with Gasteiger partial charge in [-0.25, -0.2) is 0 Å². The van der Waals surface area contributed by atoms with Crippen molar-refractivity contribution < 1.29 is 14.3 Å². The van der Waals surface area contributed by atoms with Crippen LogP contribution < -0.4 is 15.4 Å². The Morgan fingerprint density at radius 2 is 1.47 bits per heavy atom. The zero-order valence-corrected chi connectivity index (χ0v) is 17.7. The summed E-state index contributed by atoms with van der Waals surface area (Å²) in [6, 6.07) is 24.3. The molecule has 3 rings (SSSR count). The molecule has 0 heterocycles. The van der Waals surface area contributed by atoms with Gasteiger partial charge >= 0.3 is 0 Å². The van der Waals surface area contributed by atoms with Gasteiger partial charge in [-0.05, 0) is 61.0 Å². The molecule has 0 saturated heterocycles. The lowest BCUT2D eigenvalue weighted by Crippen LogP contribution is -2.22. The molecule has 2 amide bonds. The second-order valence-electron chi connectivity index (χ2n) is 6.71. The molecule has 0 radical (unpaired) electrons. The number of anilines is 2. The van der Waals surface area contributed by atoms with Gasteiger partial charge in [0.1, 0.15) is 5.75 Å². The van der Waals surface area contributed by atoms with Crippen LogP contribution in [0.2, 0.25) is 0 Å². The van der Waals surface area contributed by atoms with Crippen molar-refractivity contribution in [3.8, 4) is 5.75 Å². The number of carbonyl (C=O) groups excluding carboxylic acids is 2. The maximum absolute atomic E-state index is 12.4. The van der Waals surface area contributed by atoms with Crippen molar-refractivity contribution in [3.05, 3.63) is 84.4 Å². The predicted molar refractivity (Wildman–Crippen MR) is 122 cm³/mol. The molecule has 154 valence electrons. The smallest absolute Gasteiger partial charge is 0.237 e. The van der Waals surface area contributed by atoms with Gasteiger partial charge in [0.25, 0.3) is 0 Å². The van der Waals surface area contributed by atoms with Crippen molar-refractivity contribution in [2.45, 2.75) is 23.5 Å². The van der Waals surface area contributed by atoms with Gasteiger partial charge in [-0.1, -0.05) is 30.3 Å². The van der Waals surface area contributed by atoms with Gasteiger partial charge in [0.15, 0.2) is 0 Å². The highest BCUT2D eigenvalue weighted by Gasteiger charge is 2.15. The average Bonchev–Trinajstić information content (AvgIpc) is 2.76. The Kier molecular flexibility index (Phi) is 7.51. The van der Waals surface area contributed by atoms with Crippen molar-refractivity contribution in [2.75, 3.05) is 17.7 Å². The zero-order valence-electron chi connectivity index (χ0n) is 16.9. The van der Waals surface area contributed by atoms with E-state index in [0.29, 0.717) is 6.42 Å². The van der Waals surface area contributed by atoms with Crippen LogP contribution in [0.1, 0.15) is 12.5 Å². The Labute approximate surface area is 180 Å². The fourth-order valence-electron chi connectivity index (χ4n) is 2.78. The number of rotatable bonds is 8. The second-order valence-corrected chi connectivity index (χ2v) is 8.13. The minimum Gasteiger partial charge on any atom is -0.497 e. The maximum Gasteiger partial charge on any atom is 0.237 e. The van der Waals surface area contributed by atoms with Crippen molar-refractivity contribution in [1.82, 2.24) is 0 Å². The fraction of sp³-hybridized carbons (Fsp3) is 0.167. The number of amides is 2. The molecule has 3 aromatic rings. The Morgan fingerprint density at radius 3 is 2.10 bits per heavy atom. The van der Waals surface area contributed by atoms with E-state index in [4.69, 9.17) is 4.74 Å². The summed E-state index contributed by atoms with van der Waals surface area (Å²) >= 11 is 1.46. The van der Waals surface area contributed by atoms with E-state index in [2.05, 4.69) is 10.6 Å². The zero-order chi connectivity index (χ0) is 21.3. The molecule has 2 N–H and O–H groups in total. The Morgan fingerprint density at radius 1 is 0.867 bits per heavy atom. The van der Waals surface area contributed by atoms with E-state index in [1.165, 1.54) is 11.8 Å². The monoisotopic (exact) mass is 420 g/mol. The molecular weight excluding hydrogens is 396 g/mol. The summed E-state index contributed by atoms with van der Waals surface area (Å²) in [5.41, 5.74) is 2.43. The molecule has 3 aromatic carbocycles. The fourth-order valence-corrected chi connectivity index (χ4v) is 3.65. The third-order valence-electron chi connectivity index (χ3n) is 4.39. The number of carbonyl (C=O) groups is 2. The van der Waals surface area contributed by atoms with Gasteiger partial charge in [0, 0.05) is 16.3 Å².